The van der Waals surface area contributed by atoms with E-state index in [-0.39, 0.29) is 5.25 Å². The summed E-state index contributed by atoms with van der Waals surface area (Å²) in [5.74, 6) is 0.629. The third-order valence-corrected chi connectivity index (χ3v) is 2.35. The summed E-state index contributed by atoms with van der Waals surface area (Å²) in [4.78, 5) is 0. The maximum Gasteiger partial charge on any atom is 0.145 e. The third kappa shape index (κ3) is 2.62. The van der Waals surface area contributed by atoms with E-state index in [9.17, 15) is 4.21 Å². The predicted molar refractivity (Wildman–Crippen MR) is 49.6 cm³/mol. The van der Waals surface area contributed by atoms with Gasteiger partial charge in [-0.15, -0.1) is 0 Å². The number of furan rings is 1. The van der Waals surface area contributed by atoms with Crippen molar-refractivity contribution >= 4 is 17.2 Å². The van der Waals surface area contributed by atoms with E-state index in [1.807, 2.05) is 13.8 Å². The van der Waals surface area contributed by atoms with Gasteiger partial charge in [0.2, 0.25) is 0 Å². The molecular formula is C8H11NO2S. The van der Waals surface area contributed by atoms with E-state index >= 15 is 0 Å². The molecule has 1 aromatic heterocycles. The molecule has 0 saturated carbocycles. The van der Waals surface area contributed by atoms with Gasteiger partial charge in [0.15, 0.2) is 0 Å². The van der Waals surface area contributed by atoms with Crippen LogP contribution in [0, 0.1) is 0 Å². The summed E-state index contributed by atoms with van der Waals surface area (Å²) in [7, 11) is -1.15. The second kappa shape index (κ2) is 4.21. The quantitative estimate of drug-likeness (QED) is 0.673. The molecule has 0 spiro atoms. The molecule has 12 heavy (non-hydrogen) atoms. The fourth-order valence-electron chi connectivity index (χ4n) is 0.590. The highest BCUT2D eigenvalue weighted by molar-refractivity contribution is 7.84. The topological polar surface area (TPSA) is 42.6 Å². The average molecular weight is 185 g/mol. The van der Waals surface area contributed by atoms with Crippen LogP contribution in [0.5, 0.6) is 0 Å². The van der Waals surface area contributed by atoms with Gasteiger partial charge in [0.25, 0.3) is 0 Å². The van der Waals surface area contributed by atoms with Crippen molar-refractivity contribution in [2.75, 3.05) is 0 Å². The summed E-state index contributed by atoms with van der Waals surface area (Å²) >= 11 is 0. The van der Waals surface area contributed by atoms with Crippen LogP contribution in [-0.4, -0.2) is 15.7 Å². The monoisotopic (exact) mass is 185 g/mol. The van der Waals surface area contributed by atoms with Crippen molar-refractivity contribution < 1.29 is 8.63 Å². The summed E-state index contributed by atoms with van der Waals surface area (Å²) in [5.41, 5.74) is 0. The molecule has 1 rings (SSSR count). The van der Waals surface area contributed by atoms with Crippen LogP contribution >= 0.6 is 0 Å². The van der Waals surface area contributed by atoms with Crippen molar-refractivity contribution in [1.82, 2.24) is 0 Å². The van der Waals surface area contributed by atoms with E-state index < -0.39 is 11.0 Å². The van der Waals surface area contributed by atoms with Gasteiger partial charge < -0.3 is 4.42 Å². The largest absolute Gasteiger partial charge is 0.463 e. The Hall–Kier alpha value is -0.900. The Bertz CT molecular complexity index is 277. The summed E-state index contributed by atoms with van der Waals surface area (Å²) in [6, 6.07) is 3.53. The fourth-order valence-corrected chi connectivity index (χ4v) is 1.04. The molecule has 0 unspecified atom stereocenters. The van der Waals surface area contributed by atoms with Crippen molar-refractivity contribution in [3.8, 4) is 0 Å². The lowest BCUT2D eigenvalue weighted by Gasteiger charge is -1.95. The lowest BCUT2D eigenvalue weighted by molar-refractivity contribution is 0.560. The van der Waals surface area contributed by atoms with Gasteiger partial charge in [-0.25, -0.2) is 4.21 Å². The highest BCUT2D eigenvalue weighted by Gasteiger charge is 2.00. The Morgan fingerprint density at radius 2 is 2.42 bits per heavy atom. The Kier molecular flexibility index (Phi) is 3.22. The molecule has 0 aliphatic carbocycles. The average Bonchev–Trinajstić information content (AvgIpc) is 2.51. The molecule has 0 bridgehead atoms. The Labute approximate surface area is 74.1 Å². The van der Waals surface area contributed by atoms with Gasteiger partial charge in [0, 0.05) is 0 Å². The first-order valence-corrected chi connectivity index (χ1v) is 4.85. The lowest BCUT2D eigenvalue weighted by atomic mass is 10.5. The Morgan fingerprint density at radius 3 is 2.92 bits per heavy atom. The minimum absolute atomic E-state index is 0.0520. The molecule has 0 aliphatic heterocycles. The first kappa shape index (κ1) is 9.19. The van der Waals surface area contributed by atoms with Gasteiger partial charge in [0.1, 0.15) is 16.7 Å². The van der Waals surface area contributed by atoms with Gasteiger partial charge in [-0.1, -0.05) is 0 Å². The standard InChI is InChI=1S/C8H11NO2S/c1-7(2)12(10)9-6-8-4-3-5-11-8/h3-7H,1-2H3/b9-6+/t12-/m0/s1. The highest BCUT2D eigenvalue weighted by Crippen LogP contribution is 1.99. The summed E-state index contributed by atoms with van der Waals surface area (Å²) < 4.78 is 19.9. The molecule has 4 heteroatoms. The number of rotatable bonds is 3. The number of nitrogens with zero attached hydrogens (tertiary/aromatic N) is 1. The molecule has 0 radical (unpaired) electrons. The van der Waals surface area contributed by atoms with Gasteiger partial charge >= 0.3 is 0 Å². The van der Waals surface area contributed by atoms with E-state index in [0.717, 1.165) is 0 Å². The lowest BCUT2D eigenvalue weighted by Crippen LogP contribution is -2.01. The minimum atomic E-state index is -1.15. The van der Waals surface area contributed by atoms with Crippen molar-refractivity contribution in [1.29, 1.82) is 0 Å². The molecule has 0 saturated heterocycles. The number of hydrogen-bond donors (Lipinski definition) is 0. The fraction of sp³-hybridized carbons (Fsp3) is 0.375. The second-order valence-corrected chi connectivity index (χ2v) is 4.28. The Balaban J connectivity index is 2.57. The van der Waals surface area contributed by atoms with Gasteiger partial charge in [-0.05, 0) is 26.0 Å². The van der Waals surface area contributed by atoms with Crippen molar-refractivity contribution in [2.24, 2.45) is 4.40 Å². The van der Waals surface area contributed by atoms with Crippen LogP contribution in [0.2, 0.25) is 0 Å². The first-order valence-electron chi connectivity index (χ1n) is 3.68. The zero-order chi connectivity index (χ0) is 8.97. The van der Waals surface area contributed by atoms with E-state index in [1.165, 1.54) is 6.21 Å². The van der Waals surface area contributed by atoms with Crippen LogP contribution in [0.25, 0.3) is 0 Å². The molecular weight excluding hydrogens is 174 g/mol. The van der Waals surface area contributed by atoms with E-state index in [1.54, 1.807) is 18.4 Å². The van der Waals surface area contributed by atoms with Crippen LogP contribution in [0.3, 0.4) is 0 Å². The summed E-state index contributed by atoms with van der Waals surface area (Å²) in [5, 5.41) is 0.0520. The van der Waals surface area contributed by atoms with Crippen LogP contribution in [0.4, 0.5) is 0 Å². The summed E-state index contributed by atoms with van der Waals surface area (Å²) in [6.07, 6.45) is 3.04. The molecule has 0 aromatic carbocycles. The molecule has 0 aliphatic rings. The molecule has 0 fully saturated rings. The van der Waals surface area contributed by atoms with Gasteiger partial charge in [-0.2, -0.15) is 4.40 Å². The zero-order valence-corrected chi connectivity index (χ0v) is 7.88. The molecule has 0 N–H and O–H groups in total. The molecule has 3 nitrogen and oxygen atoms in total. The van der Waals surface area contributed by atoms with Crippen molar-refractivity contribution in [2.45, 2.75) is 19.1 Å². The smallest absolute Gasteiger partial charge is 0.145 e. The maximum atomic E-state index is 11.1. The molecule has 1 atom stereocenters. The van der Waals surface area contributed by atoms with Crippen LogP contribution < -0.4 is 0 Å². The minimum Gasteiger partial charge on any atom is -0.463 e. The molecule has 1 heterocycles. The van der Waals surface area contributed by atoms with Gasteiger partial charge in [-0.3, -0.25) is 0 Å². The maximum absolute atomic E-state index is 11.1. The predicted octanol–water partition coefficient (Wildman–Crippen LogP) is 1.77. The van der Waals surface area contributed by atoms with E-state index in [4.69, 9.17) is 4.42 Å². The van der Waals surface area contributed by atoms with Crippen LogP contribution in [-0.2, 0) is 11.0 Å². The SMILES string of the molecule is CC(C)[S@](=O)/N=C/c1ccco1. The van der Waals surface area contributed by atoms with Gasteiger partial charge in [0.05, 0.1) is 17.7 Å². The van der Waals surface area contributed by atoms with E-state index in [2.05, 4.69) is 4.40 Å². The molecule has 66 valence electrons. The highest BCUT2D eigenvalue weighted by atomic mass is 32.2. The van der Waals surface area contributed by atoms with Crippen molar-refractivity contribution in [3.63, 3.8) is 0 Å². The summed E-state index contributed by atoms with van der Waals surface area (Å²) in [6.45, 7) is 3.71. The van der Waals surface area contributed by atoms with Crippen LogP contribution in [0.1, 0.15) is 19.6 Å². The van der Waals surface area contributed by atoms with Crippen molar-refractivity contribution in [3.05, 3.63) is 24.2 Å². The molecule has 0 amide bonds. The first-order chi connectivity index (χ1) is 5.70. The Morgan fingerprint density at radius 1 is 1.67 bits per heavy atom. The molecule has 1 aromatic rings. The number of hydrogen-bond acceptors (Lipinski definition) is 2. The third-order valence-electron chi connectivity index (χ3n) is 1.23. The normalized spacial score (nSPS) is 14.2. The van der Waals surface area contributed by atoms with E-state index in [0.29, 0.717) is 5.76 Å². The zero-order valence-electron chi connectivity index (χ0n) is 7.06. The second-order valence-electron chi connectivity index (χ2n) is 2.57. The van der Waals surface area contributed by atoms with Crippen LogP contribution in [0.15, 0.2) is 27.2 Å².